The highest BCUT2D eigenvalue weighted by atomic mass is 16.5. The summed E-state index contributed by atoms with van der Waals surface area (Å²) in [5.41, 5.74) is 0. The molecule has 1 rings (SSSR count). The van der Waals surface area contributed by atoms with Crippen molar-refractivity contribution >= 4 is 5.97 Å². The number of hydrogen-bond acceptors (Lipinski definition) is 4. The van der Waals surface area contributed by atoms with Gasteiger partial charge in [-0.3, -0.25) is 4.79 Å². The summed E-state index contributed by atoms with van der Waals surface area (Å²) in [4.78, 5) is 11.3. The van der Waals surface area contributed by atoms with E-state index in [2.05, 4.69) is 5.32 Å². The average molecular weight is 201 g/mol. The Morgan fingerprint density at radius 1 is 1.71 bits per heavy atom. The third kappa shape index (κ3) is 2.69. The Morgan fingerprint density at radius 3 is 2.93 bits per heavy atom. The normalized spacial score (nSPS) is 25.8. The molecular formula is C10H19NO3. The van der Waals surface area contributed by atoms with E-state index < -0.39 is 12.0 Å². The van der Waals surface area contributed by atoms with Crippen molar-refractivity contribution in [2.24, 2.45) is 5.92 Å². The first-order valence-electron chi connectivity index (χ1n) is 5.25. The quantitative estimate of drug-likeness (QED) is 0.642. The second kappa shape index (κ2) is 5.32. The van der Waals surface area contributed by atoms with Gasteiger partial charge in [-0.25, -0.2) is 0 Å². The Bertz CT molecular complexity index is 190. The molecule has 0 amide bonds. The molecule has 1 aliphatic rings. The van der Waals surface area contributed by atoms with E-state index in [0.717, 1.165) is 19.4 Å². The van der Waals surface area contributed by atoms with Crippen LogP contribution in [0, 0.1) is 5.92 Å². The first kappa shape index (κ1) is 11.5. The predicted molar refractivity (Wildman–Crippen MR) is 52.8 cm³/mol. The molecule has 0 aromatic heterocycles. The van der Waals surface area contributed by atoms with E-state index in [1.165, 1.54) is 0 Å². The maximum Gasteiger partial charge on any atom is 0.311 e. The number of ether oxygens (including phenoxy) is 1. The summed E-state index contributed by atoms with van der Waals surface area (Å²) in [5, 5.41) is 13.0. The first-order valence-corrected chi connectivity index (χ1v) is 5.25. The molecule has 1 fully saturated rings. The summed E-state index contributed by atoms with van der Waals surface area (Å²) in [6, 6.07) is 0.0504. The Labute approximate surface area is 84.6 Å². The van der Waals surface area contributed by atoms with Crippen LogP contribution in [0.1, 0.15) is 26.7 Å². The Kier molecular flexibility index (Phi) is 4.35. The van der Waals surface area contributed by atoms with Gasteiger partial charge in [0.25, 0.3) is 0 Å². The van der Waals surface area contributed by atoms with E-state index in [-0.39, 0.29) is 12.0 Å². The van der Waals surface area contributed by atoms with Gasteiger partial charge in [0, 0.05) is 6.04 Å². The van der Waals surface area contributed by atoms with Crippen LogP contribution < -0.4 is 5.32 Å². The van der Waals surface area contributed by atoms with Crippen LogP contribution in [0.4, 0.5) is 0 Å². The molecule has 0 unspecified atom stereocenters. The van der Waals surface area contributed by atoms with Gasteiger partial charge in [0.2, 0.25) is 0 Å². The van der Waals surface area contributed by atoms with E-state index in [0.29, 0.717) is 6.61 Å². The molecule has 1 heterocycles. The van der Waals surface area contributed by atoms with Crippen molar-refractivity contribution in [2.45, 2.75) is 38.8 Å². The fraction of sp³-hybridized carbons (Fsp3) is 0.900. The van der Waals surface area contributed by atoms with E-state index >= 15 is 0 Å². The Morgan fingerprint density at radius 2 is 2.43 bits per heavy atom. The summed E-state index contributed by atoms with van der Waals surface area (Å²) < 4.78 is 4.86. The molecule has 0 aliphatic carbocycles. The largest absolute Gasteiger partial charge is 0.466 e. The van der Waals surface area contributed by atoms with Gasteiger partial charge in [-0.2, -0.15) is 0 Å². The summed E-state index contributed by atoms with van der Waals surface area (Å²) in [6.07, 6.45) is 1.37. The van der Waals surface area contributed by atoms with Crippen LogP contribution in [0.5, 0.6) is 0 Å². The SMILES string of the molecule is CCOC(=O)[C@@H](C)[C@@H](O)[C@@H]1CCCN1. The molecule has 14 heavy (non-hydrogen) atoms. The van der Waals surface area contributed by atoms with Gasteiger partial charge in [0.1, 0.15) is 0 Å². The number of esters is 1. The Hall–Kier alpha value is -0.610. The lowest BCUT2D eigenvalue weighted by Crippen LogP contribution is -2.42. The van der Waals surface area contributed by atoms with Crippen LogP contribution in [0.3, 0.4) is 0 Å². The second-order valence-corrected chi connectivity index (χ2v) is 3.73. The number of carbonyl (C=O) groups excluding carboxylic acids is 1. The number of aliphatic hydroxyl groups excluding tert-OH is 1. The summed E-state index contributed by atoms with van der Waals surface area (Å²) in [5.74, 6) is -0.751. The molecule has 0 aromatic rings. The van der Waals surface area contributed by atoms with Crippen LogP contribution in [-0.4, -0.2) is 36.4 Å². The highest BCUT2D eigenvalue weighted by molar-refractivity contribution is 5.72. The summed E-state index contributed by atoms with van der Waals surface area (Å²) in [6.45, 7) is 4.78. The average Bonchev–Trinajstić information content (AvgIpc) is 2.68. The Balaban J connectivity index is 2.41. The highest BCUT2D eigenvalue weighted by Crippen LogP contribution is 2.16. The smallest absolute Gasteiger partial charge is 0.311 e. The van der Waals surface area contributed by atoms with Gasteiger partial charge in [-0.15, -0.1) is 0 Å². The molecule has 2 N–H and O–H groups in total. The molecule has 82 valence electrons. The standard InChI is InChI=1S/C10H19NO3/c1-3-14-10(13)7(2)9(12)8-5-4-6-11-8/h7-9,11-12H,3-6H2,1-2H3/t7-,8-,9+/m0/s1. The number of aliphatic hydroxyl groups is 1. The van der Waals surface area contributed by atoms with Crippen molar-refractivity contribution in [3.8, 4) is 0 Å². The number of rotatable bonds is 4. The minimum absolute atomic E-state index is 0.0504. The molecule has 4 heteroatoms. The van der Waals surface area contributed by atoms with Gasteiger partial charge >= 0.3 is 5.97 Å². The number of hydrogen-bond donors (Lipinski definition) is 2. The van der Waals surface area contributed by atoms with Crippen LogP contribution in [0.15, 0.2) is 0 Å². The van der Waals surface area contributed by atoms with E-state index in [1.54, 1.807) is 13.8 Å². The third-order valence-corrected chi connectivity index (χ3v) is 2.68. The van der Waals surface area contributed by atoms with Gasteiger partial charge in [-0.05, 0) is 33.2 Å². The third-order valence-electron chi connectivity index (χ3n) is 2.68. The lowest BCUT2D eigenvalue weighted by molar-refractivity contribution is -0.151. The maximum atomic E-state index is 11.3. The molecule has 0 radical (unpaired) electrons. The molecule has 0 aromatic carbocycles. The molecule has 0 bridgehead atoms. The molecule has 4 nitrogen and oxygen atoms in total. The van der Waals surface area contributed by atoms with Crippen molar-refractivity contribution in [3.05, 3.63) is 0 Å². The molecule has 3 atom stereocenters. The van der Waals surface area contributed by atoms with Crippen molar-refractivity contribution in [3.63, 3.8) is 0 Å². The first-order chi connectivity index (χ1) is 6.66. The number of carbonyl (C=O) groups is 1. The zero-order valence-electron chi connectivity index (χ0n) is 8.82. The fourth-order valence-electron chi connectivity index (χ4n) is 1.76. The van der Waals surface area contributed by atoms with E-state index in [4.69, 9.17) is 4.74 Å². The highest BCUT2D eigenvalue weighted by Gasteiger charge is 2.31. The monoisotopic (exact) mass is 201 g/mol. The van der Waals surface area contributed by atoms with E-state index in [1.807, 2.05) is 0 Å². The van der Waals surface area contributed by atoms with Gasteiger partial charge in [-0.1, -0.05) is 0 Å². The second-order valence-electron chi connectivity index (χ2n) is 3.73. The van der Waals surface area contributed by atoms with Crippen molar-refractivity contribution < 1.29 is 14.6 Å². The summed E-state index contributed by atoms with van der Waals surface area (Å²) >= 11 is 0. The lowest BCUT2D eigenvalue weighted by Gasteiger charge is -2.23. The van der Waals surface area contributed by atoms with Crippen molar-refractivity contribution in [1.82, 2.24) is 5.32 Å². The van der Waals surface area contributed by atoms with Crippen molar-refractivity contribution in [1.29, 1.82) is 0 Å². The van der Waals surface area contributed by atoms with Crippen LogP contribution in [-0.2, 0) is 9.53 Å². The molecule has 1 saturated heterocycles. The minimum atomic E-state index is -0.628. The van der Waals surface area contributed by atoms with Crippen molar-refractivity contribution in [2.75, 3.05) is 13.2 Å². The zero-order valence-corrected chi connectivity index (χ0v) is 8.82. The number of nitrogens with one attached hydrogen (secondary N) is 1. The van der Waals surface area contributed by atoms with Gasteiger partial charge in [0.05, 0.1) is 18.6 Å². The van der Waals surface area contributed by atoms with Crippen LogP contribution >= 0.6 is 0 Å². The molecule has 0 spiro atoms. The molecule has 1 aliphatic heterocycles. The topological polar surface area (TPSA) is 58.6 Å². The lowest BCUT2D eigenvalue weighted by atomic mass is 9.97. The van der Waals surface area contributed by atoms with Crippen LogP contribution in [0.25, 0.3) is 0 Å². The zero-order chi connectivity index (χ0) is 10.6. The van der Waals surface area contributed by atoms with Crippen LogP contribution in [0.2, 0.25) is 0 Å². The molecule has 0 saturated carbocycles. The minimum Gasteiger partial charge on any atom is -0.466 e. The van der Waals surface area contributed by atoms with E-state index in [9.17, 15) is 9.90 Å². The van der Waals surface area contributed by atoms with Gasteiger partial charge in [0.15, 0.2) is 0 Å². The summed E-state index contributed by atoms with van der Waals surface area (Å²) in [7, 11) is 0. The fourth-order valence-corrected chi connectivity index (χ4v) is 1.76. The maximum absolute atomic E-state index is 11.3. The van der Waals surface area contributed by atoms with Gasteiger partial charge < -0.3 is 15.2 Å². The predicted octanol–water partition coefficient (Wildman–Crippen LogP) is 0.299. The molecular weight excluding hydrogens is 182 g/mol.